The summed E-state index contributed by atoms with van der Waals surface area (Å²) in [5.74, 6) is -1.81. The van der Waals surface area contributed by atoms with Crippen molar-refractivity contribution in [2.24, 2.45) is 10.9 Å². The first kappa shape index (κ1) is 32.7. The molecule has 10 nitrogen and oxygen atoms in total. The molecule has 0 radical (unpaired) electrons. The molecule has 4 atom stereocenters. The molecule has 0 saturated heterocycles. The van der Waals surface area contributed by atoms with Crippen molar-refractivity contribution < 1.29 is 37.9 Å². The van der Waals surface area contributed by atoms with E-state index in [1.54, 1.807) is 38.3 Å². The maximum atomic E-state index is 13.0. The molecule has 42 heavy (non-hydrogen) atoms. The van der Waals surface area contributed by atoms with E-state index >= 15 is 0 Å². The van der Waals surface area contributed by atoms with Crippen LogP contribution in [0.2, 0.25) is 0 Å². The van der Waals surface area contributed by atoms with Gasteiger partial charge in [0.1, 0.15) is 36.7 Å². The SMILES string of the molecule is COC(=O)C1=C(C)N=C(C)C(C(=O)OC)C1c1cc(S(C)=O)ccc1OCC=CCNC[C@H](O)COc1ccccc1. The zero-order chi connectivity index (χ0) is 30.6. The van der Waals surface area contributed by atoms with Crippen LogP contribution in [-0.4, -0.2) is 79.8 Å². The van der Waals surface area contributed by atoms with Crippen molar-refractivity contribution in [1.82, 2.24) is 5.32 Å². The fourth-order valence-corrected chi connectivity index (χ4v) is 5.20. The average Bonchev–Trinajstić information content (AvgIpc) is 2.99. The van der Waals surface area contributed by atoms with Gasteiger partial charge in [-0.2, -0.15) is 0 Å². The summed E-state index contributed by atoms with van der Waals surface area (Å²) in [6.07, 6.45) is 4.54. The van der Waals surface area contributed by atoms with Crippen LogP contribution in [0.1, 0.15) is 25.3 Å². The predicted molar refractivity (Wildman–Crippen MR) is 160 cm³/mol. The Hall–Kier alpha value is -3.80. The lowest BCUT2D eigenvalue weighted by Crippen LogP contribution is -2.36. The number of carbonyl (C=O) groups excluding carboxylic acids is 2. The molecule has 0 bridgehead atoms. The van der Waals surface area contributed by atoms with E-state index in [1.807, 2.05) is 42.5 Å². The molecule has 2 aromatic rings. The second-order valence-electron chi connectivity index (χ2n) is 9.59. The smallest absolute Gasteiger partial charge is 0.336 e. The number of benzene rings is 2. The van der Waals surface area contributed by atoms with Gasteiger partial charge in [0.2, 0.25) is 0 Å². The summed E-state index contributed by atoms with van der Waals surface area (Å²) >= 11 is 0. The van der Waals surface area contributed by atoms with Gasteiger partial charge in [-0.1, -0.05) is 30.4 Å². The van der Waals surface area contributed by atoms with Crippen LogP contribution in [0.3, 0.4) is 0 Å². The molecule has 0 saturated carbocycles. The van der Waals surface area contributed by atoms with Crippen molar-refractivity contribution in [2.75, 3.05) is 46.8 Å². The molecule has 0 spiro atoms. The van der Waals surface area contributed by atoms with Crippen molar-refractivity contribution in [3.63, 3.8) is 0 Å². The zero-order valence-corrected chi connectivity index (χ0v) is 25.3. The highest BCUT2D eigenvalue weighted by atomic mass is 32.2. The topological polar surface area (TPSA) is 133 Å². The number of methoxy groups -OCH3 is 2. The quantitative estimate of drug-likeness (QED) is 0.191. The third-order valence-corrected chi connectivity index (χ3v) is 7.58. The van der Waals surface area contributed by atoms with Gasteiger partial charge < -0.3 is 29.4 Å². The molecule has 3 unspecified atom stereocenters. The van der Waals surface area contributed by atoms with Crippen LogP contribution in [-0.2, 0) is 29.9 Å². The first-order valence-electron chi connectivity index (χ1n) is 13.4. The van der Waals surface area contributed by atoms with E-state index in [4.69, 9.17) is 18.9 Å². The Morgan fingerprint density at radius 2 is 1.81 bits per heavy atom. The number of hydrogen-bond donors (Lipinski definition) is 2. The average molecular weight is 599 g/mol. The molecule has 2 aromatic carbocycles. The largest absolute Gasteiger partial charge is 0.491 e. The van der Waals surface area contributed by atoms with E-state index in [0.29, 0.717) is 46.5 Å². The minimum absolute atomic E-state index is 0.171. The number of aliphatic imine (C=N–C) groups is 1. The van der Waals surface area contributed by atoms with E-state index in [9.17, 15) is 18.9 Å². The fourth-order valence-electron chi connectivity index (χ4n) is 4.65. The standard InChI is InChI=1S/C31H38N2O8S/c1-20-27(30(35)38-3)29(28(21(2)33-20)31(36)39-4)25-17-24(42(5)37)13-14-26(25)40-16-10-9-15-32-18-22(34)19-41-23-11-7-6-8-12-23/h6-14,17,22,27,29,32,34H,15-16,18-19H2,1-5H3/t22-,27?,29?,42?/m0/s1. The number of nitrogens with one attached hydrogen (secondary N) is 1. The van der Waals surface area contributed by atoms with Crippen molar-refractivity contribution in [3.8, 4) is 11.5 Å². The number of para-hydroxylation sites is 1. The van der Waals surface area contributed by atoms with Crippen molar-refractivity contribution in [2.45, 2.75) is 30.8 Å². The molecular weight excluding hydrogens is 560 g/mol. The highest BCUT2D eigenvalue weighted by Crippen LogP contribution is 2.44. The normalized spacial score (nSPS) is 18.3. The van der Waals surface area contributed by atoms with E-state index in [2.05, 4.69) is 10.3 Å². The Bertz CT molecular complexity index is 1360. The van der Waals surface area contributed by atoms with Gasteiger partial charge >= 0.3 is 11.9 Å². The van der Waals surface area contributed by atoms with Crippen LogP contribution in [0.4, 0.5) is 0 Å². The summed E-state index contributed by atoms with van der Waals surface area (Å²) in [5.41, 5.74) is 1.60. The summed E-state index contributed by atoms with van der Waals surface area (Å²) in [6.45, 7) is 4.57. The number of aliphatic hydroxyl groups excluding tert-OH is 1. The van der Waals surface area contributed by atoms with Crippen LogP contribution in [0.15, 0.2) is 81.8 Å². The minimum Gasteiger partial charge on any atom is -0.491 e. The summed E-state index contributed by atoms with van der Waals surface area (Å²) in [5, 5.41) is 13.3. The van der Waals surface area contributed by atoms with Crippen LogP contribution in [0, 0.1) is 5.92 Å². The molecule has 0 amide bonds. The number of hydrogen-bond acceptors (Lipinski definition) is 10. The van der Waals surface area contributed by atoms with Crippen LogP contribution in [0.25, 0.3) is 0 Å². The Morgan fingerprint density at radius 3 is 2.48 bits per heavy atom. The Balaban J connectivity index is 1.73. The first-order chi connectivity index (χ1) is 20.2. The molecule has 226 valence electrons. The maximum Gasteiger partial charge on any atom is 0.336 e. The van der Waals surface area contributed by atoms with Gasteiger partial charge in [0, 0.05) is 57.9 Å². The van der Waals surface area contributed by atoms with Crippen LogP contribution >= 0.6 is 0 Å². The molecule has 3 rings (SSSR count). The first-order valence-corrected chi connectivity index (χ1v) is 15.0. The summed E-state index contributed by atoms with van der Waals surface area (Å²) in [7, 11) is 1.21. The van der Waals surface area contributed by atoms with Crippen LogP contribution in [0.5, 0.6) is 11.5 Å². The lowest BCUT2D eigenvalue weighted by atomic mass is 9.75. The molecule has 0 aliphatic carbocycles. The third kappa shape index (κ3) is 8.60. The maximum absolute atomic E-state index is 13.0. The van der Waals surface area contributed by atoms with E-state index in [-0.39, 0.29) is 18.8 Å². The zero-order valence-electron chi connectivity index (χ0n) is 24.5. The van der Waals surface area contributed by atoms with Gasteiger partial charge in [-0.3, -0.25) is 14.0 Å². The molecule has 1 aliphatic heterocycles. The monoisotopic (exact) mass is 598 g/mol. The highest BCUT2D eigenvalue weighted by molar-refractivity contribution is 7.84. The molecule has 11 heteroatoms. The van der Waals surface area contributed by atoms with Gasteiger partial charge in [0.05, 0.1) is 19.8 Å². The number of rotatable bonds is 14. The third-order valence-electron chi connectivity index (χ3n) is 6.67. The number of aliphatic hydroxyl groups is 1. The lowest BCUT2D eigenvalue weighted by Gasteiger charge is -2.32. The Labute approximate surface area is 248 Å². The summed E-state index contributed by atoms with van der Waals surface area (Å²) in [4.78, 5) is 30.8. The molecular formula is C31H38N2O8S. The van der Waals surface area contributed by atoms with E-state index in [0.717, 1.165) is 0 Å². The molecule has 0 aromatic heterocycles. The van der Waals surface area contributed by atoms with Gasteiger partial charge in [-0.05, 0) is 44.2 Å². The second kappa shape index (κ2) is 16.0. The van der Waals surface area contributed by atoms with Crippen molar-refractivity contribution >= 4 is 28.4 Å². The number of nitrogens with zero attached hydrogens (tertiary/aromatic N) is 1. The predicted octanol–water partition coefficient (Wildman–Crippen LogP) is 3.18. The number of carbonyl (C=O) groups is 2. The number of esters is 2. The number of ether oxygens (including phenoxy) is 4. The van der Waals surface area contributed by atoms with Crippen LogP contribution < -0.4 is 14.8 Å². The fraction of sp³-hybridized carbons (Fsp3) is 0.387. The molecule has 0 fully saturated rings. The van der Waals surface area contributed by atoms with E-state index in [1.165, 1.54) is 14.2 Å². The van der Waals surface area contributed by atoms with Gasteiger partial charge in [0.15, 0.2) is 0 Å². The summed E-state index contributed by atoms with van der Waals surface area (Å²) in [6, 6.07) is 14.3. The van der Waals surface area contributed by atoms with Crippen molar-refractivity contribution in [1.29, 1.82) is 0 Å². The van der Waals surface area contributed by atoms with Gasteiger partial charge in [0.25, 0.3) is 0 Å². The minimum atomic E-state index is -1.33. The number of allylic oxidation sites excluding steroid dienone is 1. The van der Waals surface area contributed by atoms with E-state index < -0.39 is 40.7 Å². The second-order valence-corrected chi connectivity index (χ2v) is 11.0. The lowest BCUT2D eigenvalue weighted by molar-refractivity contribution is -0.143. The molecule has 2 N–H and O–H groups in total. The Morgan fingerprint density at radius 1 is 1.07 bits per heavy atom. The molecule has 1 heterocycles. The van der Waals surface area contributed by atoms with Crippen molar-refractivity contribution in [3.05, 3.63) is 77.5 Å². The molecule has 1 aliphatic rings. The summed E-state index contributed by atoms with van der Waals surface area (Å²) < 4.78 is 34.2. The van der Waals surface area contributed by atoms with Gasteiger partial charge in [-0.25, -0.2) is 4.79 Å². The van der Waals surface area contributed by atoms with Gasteiger partial charge in [-0.15, -0.1) is 0 Å². The highest BCUT2D eigenvalue weighted by Gasteiger charge is 2.43. The Kier molecular flexibility index (Phi) is 12.5.